The van der Waals surface area contributed by atoms with Crippen LogP contribution in [0.1, 0.15) is 13.8 Å². The van der Waals surface area contributed by atoms with E-state index >= 15 is 0 Å². The van der Waals surface area contributed by atoms with Crippen molar-refractivity contribution < 1.29 is 19.4 Å². The Morgan fingerprint density at radius 3 is 2.94 bits per heavy atom. The van der Waals surface area contributed by atoms with Gasteiger partial charge in [0.15, 0.2) is 0 Å². The van der Waals surface area contributed by atoms with Crippen LogP contribution in [-0.2, 0) is 14.3 Å². The van der Waals surface area contributed by atoms with E-state index in [-0.39, 0.29) is 11.9 Å². The summed E-state index contributed by atoms with van der Waals surface area (Å²) in [6.45, 7) is 4.28. The van der Waals surface area contributed by atoms with Crippen molar-refractivity contribution in [2.24, 2.45) is 11.8 Å². The number of rotatable bonds is 2. The van der Waals surface area contributed by atoms with Gasteiger partial charge in [0.25, 0.3) is 0 Å². The van der Waals surface area contributed by atoms with E-state index in [0.29, 0.717) is 6.54 Å². The second-order valence-electron chi connectivity index (χ2n) is 5.28. The zero-order chi connectivity index (χ0) is 12.4. The SMILES string of the molecule is CC(C)N1C[C@@]23C=C[C@@H](O2)[C@H](C(=O)[O-])[C@H]3C1=O. The zero-order valence-corrected chi connectivity index (χ0v) is 9.75. The Kier molecular flexibility index (Phi) is 1.96. The molecule has 0 aromatic heterocycles. The van der Waals surface area contributed by atoms with Gasteiger partial charge in [0.05, 0.1) is 18.6 Å². The molecule has 0 saturated carbocycles. The number of hydrogen-bond donors (Lipinski definition) is 0. The Hall–Kier alpha value is -1.36. The van der Waals surface area contributed by atoms with Gasteiger partial charge in [-0.25, -0.2) is 0 Å². The maximum atomic E-state index is 12.2. The zero-order valence-electron chi connectivity index (χ0n) is 9.75. The van der Waals surface area contributed by atoms with Gasteiger partial charge < -0.3 is 19.5 Å². The lowest BCUT2D eigenvalue weighted by atomic mass is 9.77. The third-order valence-electron chi connectivity index (χ3n) is 4.03. The number of carboxylic acids is 1. The molecule has 2 saturated heterocycles. The summed E-state index contributed by atoms with van der Waals surface area (Å²) in [4.78, 5) is 25.1. The number of nitrogens with zero attached hydrogens (tertiary/aromatic N) is 1. The first-order valence-corrected chi connectivity index (χ1v) is 5.85. The molecule has 5 nitrogen and oxygen atoms in total. The van der Waals surface area contributed by atoms with Crippen molar-refractivity contribution in [3.63, 3.8) is 0 Å². The molecular formula is C12H14NO4-. The van der Waals surface area contributed by atoms with E-state index < -0.39 is 29.5 Å². The van der Waals surface area contributed by atoms with Gasteiger partial charge in [0.1, 0.15) is 5.60 Å². The molecule has 5 heteroatoms. The molecule has 0 aliphatic carbocycles. The van der Waals surface area contributed by atoms with E-state index in [1.165, 1.54) is 0 Å². The van der Waals surface area contributed by atoms with Crippen LogP contribution in [-0.4, -0.2) is 41.1 Å². The van der Waals surface area contributed by atoms with E-state index in [9.17, 15) is 14.7 Å². The van der Waals surface area contributed by atoms with Crippen molar-refractivity contribution in [3.05, 3.63) is 12.2 Å². The Bertz CT molecular complexity index is 430. The minimum Gasteiger partial charge on any atom is -0.550 e. The first-order chi connectivity index (χ1) is 7.96. The van der Waals surface area contributed by atoms with Gasteiger partial charge in [0.2, 0.25) is 5.91 Å². The predicted octanol–water partition coefficient (Wildman–Crippen LogP) is -1.07. The van der Waals surface area contributed by atoms with Gasteiger partial charge in [-0.1, -0.05) is 12.2 Å². The number of ether oxygens (including phenoxy) is 1. The fourth-order valence-electron chi connectivity index (χ4n) is 3.23. The molecule has 3 aliphatic rings. The molecule has 0 aromatic rings. The number of carbonyl (C=O) groups is 2. The highest BCUT2D eigenvalue weighted by Gasteiger charge is 2.65. The molecule has 0 N–H and O–H groups in total. The lowest BCUT2D eigenvalue weighted by molar-refractivity contribution is -0.313. The maximum Gasteiger partial charge on any atom is 0.230 e. The van der Waals surface area contributed by atoms with Crippen molar-refractivity contribution in [2.45, 2.75) is 31.6 Å². The quantitative estimate of drug-likeness (QED) is 0.572. The van der Waals surface area contributed by atoms with Gasteiger partial charge >= 0.3 is 0 Å². The standard InChI is InChI=1S/C12H15NO4/c1-6(2)13-5-12-4-3-7(17-12)8(11(15)16)9(12)10(13)14/h3-4,6-9H,5H2,1-2H3,(H,15,16)/p-1/t7-,8+,9+,12-/m1/s1. The summed E-state index contributed by atoms with van der Waals surface area (Å²) in [5, 5.41) is 11.2. The molecule has 2 bridgehead atoms. The lowest BCUT2D eigenvalue weighted by Gasteiger charge is -2.25. The Morgan fingerprint density at radius 2 is 2.35 bits per heavy atom. The number of fused-ring (bicyclic) bond motifs is 1. The van der Waals surface area contributed by atoms with E-state index in [4.69, 9.17) is 4.74 Å². The first kappa shape index (κ1) is 10.8. The van der Waals surface area contributed by atoms with Crippen LogP contribution in [0.3, 0.4) is 0 Å². The molecular weight excluding hydrogens is 222 g/mol. The molecule has 3 heterocycles. The second-order valence-corrected chi connectivity index (χ2v) is 5.28. The monoisotopic (exact) mass is 236 g/mol. The topological polar surface area (TPSA) is 69.7 Å². The van der Waals surface area contributed by atoms with E-state index in [0.717, 1.165) is 0 Å². The summed E-state index contributed by atoms with van der Waals surface area (Å²) in [6.07, 6.45) is 3.10. The second kappa shape index (κ2) is 3.10. The summed E-state index contributed by atoms with van der Waals surface area (Å²) >= 11 is 0. The molecule has 2 fully saturated rings. The van der Waals surface area contributed by atoms with Gasteiger partial charge in [-0.3, -0.25) is 4.79 Å². The normalized spacial score (nSPS) is 42.6. The molecule has 0 aromatic carbocycles. The predicted molar refractivity (Wildman–Crippen MR) is 55.6 cm³/mol. The fourth-order valence-corrected chi connectivity index (χ4v) is 3.23. The number of aliphatic carboxylic acids is 1. The Labute approximate surface area is 99.0 Å². The number of likely N-dealkylation sites (tertiary alicyclic amines) is 1. The third-order valence-corrected chi connectivity index (χ3v) is 4.03. The molecule has 0 radical (unpaired) electrons. The van der Waals surface area contributed by atoms with Crippen molar-refractivity contribution in [2.75, 3.05) is 6.54 Å². The third kappa shape index (κ3) is 1.17. The van der Waals surface area contributed by atoms with Crippen LogP contribution in [0.4, 0.5) is 0 Å². The Morgan fingerprint density at radius 1 is 1.65 bits per heavy atom. The van der Waals surface area contributed by atoms with Crippen molar-refractivity contribution in [1.82, 2.24) is 4.90 Å². The van der Waals surface area contributed by atoms with E-state index in [1.807, 2.05) is 19.9 Å². The number of carbonyl (C=O) groups excluding carboxylic acids is 2. The minimum atomic E-state index is -1.19. The van der Waals surface area contributed by atoms with Crippen LogP contribution in [0.25, 0.3) is 0 Å². The lowest BCUT2D eigenvalue weighted by Crippen LogP contribution is -2.45. The highest BCUT2D eigenvalue weighted by molar-refractivity contribution is 5.90. The number of amides is 1. The summed E-state index contributed by atoms with van der Waals surface area (Å²) in [7, 11) is 0. The van der Waals surface area contributed by atoms with Crippen LogP contribution in [0.15, 0.2) is 12.2 Å². The van der Waals surface area contributed by atoms with Gasteiger partial charge in [0, 0.05) is 17.9 Å². The highest BCUT2D eigenvalue weighted by atomic mass is 16.5. The molecule has 3 aliphatic heterocycles. The van der Waals surface area contributed by atoms with Crippen LogP contribution in [0, 0.1) is 11.8 Å². The molecule has 1 spiro atoms. The van der Waals surface area contributed by atoms with Crippen LogP contribution in [0.5, 0.6) is 0 Å². The van der Waals surface area contributed by atoms with E-state index in [1.54, 1.807) is 11.0 Å². The van der Waals surface area contributed by atoms with Crippen LogP contribution < -0.4 is 5.11 Å². The minimum absolute atomic E-state index is 0.0564. The molecule has 4 atom stereocenters. The molecule has 3 rings (SSSR count). The highest BCUT2D eigenvalue weighted by Crippen LogP contribution is 2.51. The first-order valence-electron chi connectivity index (χ1n) is 5.85. The van der Waals surface area contributed by atoms with Gasteiger partial charge in [-0.05, 0) is 13.8 Å². The van der Waals surface area contributed by atoms with Crippen molar-refractivity contribution in [1.29, 1.82) is 0 Å². The summed E-state index contributed by atoms with van der Waals surface area (Å²) in [5.41, 5.74) is -0.725. The van der Waals surface area contributed by atoms with Gasteiger partial charge in [-0.2, -0.15) is 0 Å². The molecule has 1 amide bonds. The Balaban J connectivity index is 2.01. The average Bonchev–Trinajstić information content (AvgIpc) is 2.86. The van der Waals surface area contributed by atoms with Gasteiger partial charge in [-0.15, -0.1) is 0 Å². The summed E-state index contributed by atoms with van der Waals surface area (Å²) < 4.78 is 5.71. The summed E-state index contributed by atoms with van der Waals surface area (Å²) in [6, 6.07) is 0.0564. The maximum absolute atomic E-state index is 12.2. The fraction of sp³-hybridized carbons (Fsp3) is 0.667. The average molecular weight is 236 g/mol. The largest absolute Gasteiger partial charge is 0.550 e. The molecule has 0 unspecified atom stereocenters. The molecule has 92 valence electrons. The number of hydrogen-bond acceptors (Lipinski definition) is 4. The van der Waals surface area contributed by atoms with Crippen molar-refractivity contribution in [3.8, 4) is 0 Å². The molecule has 17 heavy (non-hydrogen) atoms. The van der Waals surface area contributed by atoms with E-state index in [2.05, 4.69) is 0 Å². The van der Waals surface area contributed by atoms with Crippen molar-refractivity contribution >= 4 is 11.9 Å². The van der Waals surface area contributed by atoms with Crippen LogP contribution in [0.2, 0.25) is 0 Å². The number of carboxylic acid groups (broad SMARTS) is 1. The van der Waals surface area contributed by atoms with Crippen LogP contribution >= 0.6 is 0 Å². The smallest absolute Gasteiger partial charge is 0.230 e. The summed E-state index contributed by atoms with van der Waals surface area (Å²) in [5.74, 6) is -2.76.